The van der Waals surface area contributed by atoms with Crippen LogP contribution in [0.1, 0.15) is 18.4 Å². The van der Waals surface area contributed by atoms with Gasteiger partial charge >= 0.3 is 6.18 Å². The number of aromatic nitrogens is 1. The second-order valence-electron chi connectivity index (χ2n) is 3.96. The van der Waals surface area contributed by atoms with E-state index < -0.39 is 11.7 Å². The van der Waals surface area contributed by atoms with Gasteiger partial charge in [-0.05, 0) is 18.6 Å². The fourth-order valence-electron chi connectivity index (χ4n) is 1.80. The highest BCUT2D eigenvalue weighted by atomic mass is 19.4. The molecule has 0 aliphatic carbocycles. The lowest BCUT2D eigenvalue weighted by Crippen LogP contribution is -2.36. The molecule has 0 unspecified atom stereocenters. The molecule has 0 spiro atoms. The van der Waals surface area contributed by atoms with E-state index in [0.717, 1.165) is 18.3 Å². The third-order valence-electron chi connectivity index (χ3n) is 2.65. The number of rotatable bonds is 1. The molecule has 0 radical (unpaired) electrons. The number of Topliss-reactive ketones (excluding diaryl/α,β-unsaturated/α-hetero) is 1. The summed E-state index contributed by atoms with van der Waals surface area (Å²) in [6.07, 6.45) is -2.10. The van der Waals surface area contributed by atoms with E-state index in [1.54, 1.807) is 4.90 Å². The Labute approximate surface area is 96.3 Å². The molecule has 1 aromatic rings. The first-order valence-electron chi connectivity index (χ1n) is 5.27. The molecular formula is C11H11F3N2O. The summed E-state index contributed by atoms with van der Waals surface area (Å²) >= 11 is 0. The normalized spacial score (nSPS) is 17.4. The molecule has 1 aliphatic rings. The number of halogens is 3. The fourth-order valence-corrected chi connectivity index (χ4v) is 1.80. The van der Waals surface area contributed by atoms with Crippen LogP contribution in [0.4, 0.5) is 19.0 Å². The second kappa shape index (κ2) is 4.35. The van der Waals surface area contributed by atoms with Crippen LogP contribution in [0.3, 0.4) is 0 Å². The predicted molar refractivity (Wildman–Crippen MR) is 55.7 cm³/mol. The Balaban J connectivity index is 2.24. The highest BCUT2D eigenvalue weighted by molar-refractivity contribution is 5.84. The van der Waals surface area contributed by atoms with Gasteiger partial charge in [0.25, 0.3) is 0 Å². The molecule has 2 heterocycles. The van der Waals surface area contributed by atoms with Crippen molar-refractivity contribution >= 4 is 11.6 Å². The van der Waals surface area contributed by atoms with Crippen molar-refractivity contribution < 1.29 is 18.0 Å². The molecule has 2 rings (SSSR count). The minimum Gasteiger partial charge on any atom is -0.349 e. The van der Waals surface area contributed by atoms with Gasteiger partial charge in [0, 0.05) is 19.2 Å². The van der Waals surface area contributed by atoms with Crippen LogP contribution in [0.2, 0.25) is 0 Å². The highest BCUT2D eigenvalue weighted by Gasteiger charge is 2.31. The topological polar surface area (TPSA) is 33.2 Å². The van der Waals surface area contributed by atoms with Gasteiger partial charge in [-0.2, -0.15) is 13.2 Å². The van der Waals surface area contributed by atoms with Gasteiger partial charge in [-0.15, -0.1) is 0 Å². The number of carbonyl (C=O) groups excluding carboxylic acids is 1. The Morgan fingerprint density at radius 1 is 1.35 bits per heavy atom. The van der Waals surface area contributed by atoms with E-state index in [4.69, 9.17) is 0 Å². The van der Waals surface area contributed by atoms with Crippen LogP contribution in [0.15, 0.2) is 18.3 Å². The third kappa shape index (κ3) is 2.75. The molecule has 6 heteroatoms. The lowest BCUT2D eigenvalue weighted by Gasteiger charge is -2.27. The van der Waals surface area contributed by atoms with Gasteiger partial charge in [-0.25, -0.2) is 4.98 Å². The summed E-state index contributed by atoms with van der Waals surface area (Å²) in [6.45, 7) is 0.717. The van der Waals surface area contributed by atoms with Gasteiger partial charge in [0.05, 0.1) is 12.1 Å². The molecule has 92 valence electrons. The molecule has 1 aliphatic heterocycles. The summed E-state index contributed by atoms with van der Waals surface area (Å²) in [5.74, 6) is 0.253. The first kappa shape index (κ1) is 11.9. The number of ketones is 1. The standard InChI is InChI=1S/C11H11F3N2O/c12-11(13,14)8-3-4-15-10(6-8)16-5-1-2-9(17)7-16/h3-4,6H,1-2,5,7H2. The SMILES string of the molecule is O=C1CCCN(c2cc(C(F)(F)F)ccn2)C1. The second-order valence-corrected chi connectivity index (χ2v) is 3.96. The Morgan fingerprint density at radius 2 is 2.12 bits per heavy atom. The summed E-state index contributed by atoms with van der Waals surface area (Å²) in [5.41, 5.74) is -0.736. The molecule has 3 nitrogen and oxygen atoms in total. The number of hydrogen-bond acceptors (Lipinski definition) is 3. The zero-order valence-corrected chi connectivity index (χ0v) is 9.00. The number of alkyl halides is 3. The average molecular weight is 244 g/mol. The number of anilines is 1. The summed E-state index contributed by atoms with van der Waals surface area (Å²) in [7, 11) is 0. The van der Waals surface area contributed by atoms with Crippen LogP contribution in [0, 0.1) is 0 Å². The minimum atomic E-state index is -4.38. The molecular weight excluding hydrogens is 233 g/mol. The van der Waals surface area contributed by atoms with E-state index in [0.29, 0.717) is 19.4 Å². The van der Waals surface area contributed by atoms with Gasteiger partial charge in [0.1, 0.15) is 5.82 Å². The van der Waals surface area contributed by atoms with E-state index in [-0.39, 0.29) is 18.1 Å². The smallest absolute Gasteiger partial charge is 0.349 e. The van der Waals surface area contributed by atoms with Gasteiger partial charge in [-0.3, -0.25) is 4.79 Å². The van der Waals surface area contributed by atoms with Crippen molar-refractivity contribution in [2.24, 2.45) is 0 Å². The quantitative estimate of drug-likeness (QED) is 0.759. The summed E-state index contributed by atoms with van der Waals surface area (Å²) in [5, 5.41) is 0. The van der Waals surface area contributed by atoms with Gasteiger partial charge in [-0.1, -0.05) is 0 Å². The number of piperidine rings is 1. The van der Waals surface area contributed by atoms with Crippen LogP contribution < -0.4 is 4.90 Å². The van der Waals surface area contributed by atoms with E-state index in [2.05, 4.69) is 4.98 Å². The molecule has 17 heavy (non-hydrogen) atoms. The van der Waals surface area contributed by atoms with Gasteiger partial charge in [0.2, 0.25) is 0 Å². The maximum absolute atomic E-state index is 12.5. The largest absolute Gasteiger partial charge is 0.416 e. The predicted octanol–water partition coefficient (Wildman–Crippen LogP) is 2.27. The van der Waals surface area contributed by atoms with E-state index in [1.807, 2.05) is 0 Å². The van der Waals surface area contributed by atoms with Crippen molar-refractivity contribution in [1.82, 2.24) is 4.98 Å². The molecule has 0 N–H and O–H groups in total. The summed E-state index contributed by atoms with van der Waals surface area (Å²) in [6, 6.07) is 1.91. The number of nitrogens with zero attached hydrogens (tertiary/aromatic N) is 2. The average Bonchev–Trinajstić information content (AvgIpc) is 2.28. The summed E-state index contributed by atoms with van der Waals surface area (Å²) in [4.78, 5) is 16.7. The molecule has 0 bridgehead atoms. The maximum atomic E-state index is 12.5. The minimum absolute atomic E-state index is 0.0375. The van der Waals surface area contributed by atoms with Crippen molar-refractivity contribution in [3.05, 3.63) is 23.9 Å². The first-order valence-corrected chi connectivity index (χ1v) is 5.27. The highest BCUT2D eigenvalue weighted by Crippen LogP contribution is 2.31. The van der Waals surface area contributed by atoms with Crippen LogP contribution in [0.5, 0.6) is 0 Å². The van der Waals surface area contributed by atoms with E-state index in [1.165, 1.54) is 0 Å². The molecule has 0 amide bonds. The van der Waals surface area contributed by atoms with Crippen LogP contribution in [-0.2, 0) is 11.0 Å². The van der Waals surface area contributed by atoms with Gasteiger partial charge < -0.3 is 4.90 Å². The van der Waals surface area contributed by atoms with Crippen molar-refractivity contribution in [2.75, 3.05) is 18.0 Å². The third-order valence-corrected chi connectivity index (χ3v) is 2.65. The van der Waals surface area contributed by atoms with Crippen LogP contribution in [-0.4, -0.2) is 23.9 Å². The first-order chi connectivity index (χ1) is 7.97. The maximum Gasteiger partial charge on any atom is 0.416 e. The van der Waals surface area contributed by atoms with Crippen molar-refractivity contribution in [3.8, 4) is 0 Å². The zero-order valence-electron chi connectivity index (χ0n) is 9.00. The fraction of sp³-hybridized carbons (Fsp3) is 0.455. The lowest BCUT2D eigenvalue weighted by molar-refractivity contribution is -0.137. The molecule has 1 saturated heterocycles. The monoisotopic (exact) mass is 244 g/mol. The number of hydrogen-bond donors (Lipinski definition) is 0. The number of carbonyl (C=O) groups is 1. The van der Waals surface area contributed by atoms with Gasteiger partial charge in [0.15, 0.2) is 5.78 Å². The number of pyridine rings is 1. The Morgan fingerprint density at radius 3 is 2.76 bits per heavy atom. The van der Waals surface area contributed by atoms with Crippen molar-refractivity contribution in [2.45, 2.75) is 19.0 Å². The van der Waals surface area contributed by atoms with E-state index in [9.17, 15) is 18.0 Å². The molecule has 0 atom stereocenters. The van der Waals surface area contributed by atoms with Crippen LogP contribution in [0.25, 0.3) is 0 Å². The summed E-state index contributed by atoms with van der Waals surface area (Å²) < 4.78 is 37.5. The lowest BCUT2D eigenvalue weighted by atomic mass is 10.1. The molecule has 1 aromatic heterocycles. The van der Waals surface area contributed by atoms with E-state index >= 15 is 0 Å². The molecule has 0 aromatic carbocycles. The van der Waals surface area contributed by atoms with Crippen molar-refractivity contribution in [1.29, 1.82) is 0 Å². The van der Waals surface area contributed by atoms with Crippen molar-refractivity contribution in [3.63, 3.8) is 0 Å². The molecule has 1 fully saturated rings. The Kier molecular flexibility index (Phi) is 3.04. The van der Waals surface area contributed by atoms with Crippen LogP contribution >= 0.6 is 0 Å². The zero-order chi connectivity index (χ0) is 12.5. The molecule has 0 saturated carbocycles. The Bertz CT molecular complexity index is 431. The Hall–Kier alpha value is -1.59.